The van der Waals surface area contributed by atoms with E-state index in [0.717, 1.165) is 28.2 Å². The van der Waals surface area contributed by atoms with E-state index in [1.54, 1.807) is 0 Å². The quantitative estimate of drug-likeness (QED) is 0.251. The van der Waals surface area contributed by atoms with Gasteiger partial charge in [-0.05, 0) is 48.5 Å². The fourth-order valence-electron chi connectivity index (χ4n) is 5.48. The predicted octanol–water partition coefficient (Wildman–Crippen LogP) is 8.49. The van der Waals surface area contributed by atoms with Gasteiger partial charge in [-0.25, -0.2) is 4.98 Å². The topological polar surface area (TPSA) is 22.8 Å². The van der Waals surface area contributed by atoms with Crippen molar-refractivity contribution in [1.82, 2.24) is 14.1 Å². The number of para-hydroxylation sites is 4. The summed E-state index contributed by atoms with van der Waals surface area (Å²) in [7, 11) is 0. The Hall–Kier alpha value is -4.41. The lowest BCUT2D eigenvalue weighted by Gasteiger charge is -2.12. The zero-order chi connectivity index (χ0) is 22.9. The molecule has 0 unspecified atom stereocenters. The normalized spacial score (nSPS) is 12.0. The maximum absolute atomic E-state index is 5.19. The van der Waals surface area contributed by atoms with Crippen LogP contribution < -0.4 is 0 Å². The first-order valence-electron chi connectivity index (χ1n) is 11.8. The highest BCUT2D eigenvalue weighted by Gasteiger charge is 2.21. The molecule has 35 heavy (non-hydrogen) atoms. The predicted molar refractivity (Wildman–Crippen MR) is 148 cm³/mol. The van der Waals surface area contributed by atoms with Crippen LogP contribution in [0.4, 0.5) is 0 Å². The van der Waals surface area contributed by atoms with Crippen molar-refractivity contribution in [2.24, 2.45) is 0 Å². The molecule has 164 valence electrons. The summed E-state index contributed by atoms with van der Waals surface area (Å²) in [4.78, 5) is 5.19. The van der Waals surface area contributed by atoms with Crippen LogP contribution in [0.1, 0.15) is 0 Å². The van der Waals surface area contributed by atoms with Gasteiger partial charge >= 0.3 is 0 Å². The Kier molecular flexibility index (Phi) is 3.82. The molecule has 3 aromatic heterocycles. The van der Waals surface area contributed by atoms with Crippen molar-refractivity contribution in [1.29, 1.82) is 0 Å². The van der Waals surface area contributed by atoms with Crippen molar-refractivity contribution >= 4 is 64.3 Å². The number of hydrogen-bond acceptors (Lipinski definition) is 2. The molecule has 0 spiro atoms. The molecule has 0 aliphatic rings. The number of hydrogen-bond donors (Lipinski definition) is 0. The fraction of sp³-hybridized carbons (Fsp3) is 0. The molecule has 3 nitrogen and oxygen atoms in total. The van der Waals surface area contributed by atoms with Gasteiger partial charge in [-0.15, -0.1) is 11.3 Å². The van der Waals surface area contributed by atoms with E-state index in [-0.39, 0.29) is 0 Å². The van der Waals surface area contributed by atoms with Crippen molar-refractivity contribution in [3.63, 3.8) is 0 Å². The third-order valence-electron chi connectivity index (χ3n) is 6.93. The summed E-state index contributed by atoms with van der Waals surface area (Å²) >= 11 is 1.86. The summed E-state index contributed by atoms with van der Waals surface area (Å²) in [6, 6.07) is 40.9. The van der Waals surface area contributed by atoms with Gasteiger partial charge in [0.2, 0.25) is 5.95 Å². The summed E-state index contributed by atoms with van der Waals surface area (Å²) in [5.41, 5.74) is 5.53. The lowest BCUT2D eigenvalue weighted by atomic mass is 10.1. The number of imidazole rings is 1. The van der Waals surface area contributed by atoms with Gasteiger partial charge in [0, 0.05) is 36.6 Å². The van der Waals surface area contributed by atoms with Crippen LogP contribution >= 0.6 is 11.3 Å². The van der Waals surface area contributed by atoms with E-state index in [2.05, 4.69) is 124 Å². The molecule has 4 heteroatoms. The Bertz CT molecular complexity index is 2060. The first-order valence-corrected chi connectivity index (χ1v) is 12.6. The molecule has 5 aromatic carbocycles. The first-order chi connectivity index (χ1) is 17.4. The molecule has 0 radical (unpaired) electrons. The van der Waals surface area contributed by atoms with Crippen LogP contribution in [-0.4, -0.2) is 14.1 Å². The van der Waals surface area contributed by atoms with E-state index in [9.17, 15) is 0 Å². The fourth-order valence-corrected chi connectivity index (χ4v) is 6.60. The molecule has 0 aliphatic heterocycles. The number of aromatic nitrogens is 3. The summed E-state index contributed by atoms with van der Waals surface area (Å²) in [6.45, 7) is 0. The van der Waals surface area contributed by atoms with Crippen molar-refractivity contribution in [2.45, 2.75) is 0 Å². The van der Waals surface area contributed by atoms with Crippen molar-refractivity contribution in [2.75, 3.05) is 0 Å². The van der Waals surface area contributed by atoms with E-state index in [4.69, 9.17) is 4.98 Å². The van der Waals surface area contributed by atoms with E-state index in [1.165, 1.54) is 36.5 Å². The standard InChI is InChI=1S/C31H19N3S/c1-2-10-20(11-3-1)33-25-16-8-6-14-23(25)32-31(33)34-24-15-7-4-12-21(24)29-26(34)18-19-28-30(29)22-13-5-9-17-27(22)35-28/h1-19H. The van der Waals surface area contributed by atoms with Gasteiger partial charge in [0.05, 0.1) is 22.1 Å². The maximum atomic E-state index is 5.19. The monoisotopic (exact) mass is 465 g/mol. The van der Waals surface area contributed by atoms with Gasteiger partial charge < -0.3 is 0 Å². The summed E-state index contributed by atoms with van der Waals surface area (Å²) < 4.78 is 7.25. The van der Waals surface area contributed by atoms with Crippen molar-refractivity contribution in [3.8, 4) is 11.6 Å². The summed E-state index contributed by atoms with van der Waals surface area (Å²) in [5.74, 6) is 0.905. The second-order valence-corrected chi connectivity index (χ2v) is 9.94. The number of benzene rings is 5. The van der Waals surface area contributed by atoms with Gasteiger partial charge in [-0.2, -0.15) is 0 Å². The van der Waals surface area contributed by atoms with Crippen LogP contribution in [0.5, 0.6) is 0 Å². The Labute approximate surface area is 205 Å². The molecule has 0 fully saturated rings. The Balaban J connectivity index is 1.60. The Morgan fingerprint density at radius 1 is 0.486 bits per heavy atom. The summed E-state index contributed by atoms with van der Waals surface area (Å²) in [6.07, 6.45) is 0. The lowest BCUT2D eigenvalue weighted by Crippen LogP contribution is -2.05. The number of nitrogens with zero attached hydrogens (tertiary/aromatic N) is 3. The zero-order valence-electron chi connectivity index (χ0n) is 18.7. The van der Waals surface area contributed by atoms with Crippen LogP contribution in [0.2, 0.25) is 0 Å². The molecule has 8 aromatic rings. The molecule has 0 saturated heterocycles. The highest BCUT2D eigenvalue weighted by atomic mass is 32.1. The largest absolute Gasteiger partial charge is 0.279 e. The van der Waals surface area contributed by atoms with E-state index < -0.39 is 0 Å². The van der Waals surface area contributed by atoms with Crippen LogP contribution in [0.25, 0.3) is 64.6 Å². The maximum Gasteiger partial charge on any atom is 0.220 e. The smallest absolute Gasteiger partial charge is 0.220 e. The average molecular weight is 466 g/mol. The SMILES string of the molecule is c1ccc(-n2c(-n3c4ccccc4c4c5c(ccc43)sc3ccccc35)nc3ccccc32)cc1. The molecule has 3 heterocycles. The second kappa shape index (κ2) is 7.05. The molecule has 0 amide bonds. The number of rotatable bonds is 2. The van der Waals surface area contributed by atoms with Crippen LogP contribution in [0.3, 0.4) is 0 Å². The summed E-state index contributed by atoms with van der Waals surface area (Å²) in [5, 5.41) is 5.20. The molecular formula is C31H19N3S. The van der Waals surface area contributed by atoms with Gasteiger partial charge in [-0.1, -0.05) is 66.7 Å². The van der Waals surface area contributed by atoms with E-state index in [0.29, 0.717) is 0 Å². The minimum Gasteiger partial charge on any atom is -0.279 e. The van der Waals surface area contributed by atoms with Crippen LogP contribution in [0.15, 0.2) is 115 Å². The number of fused-ring (bicyclic) bond motifs is 8. The first kappa shape index (κ1) is 19.0. The zero-order valence-corrected chi connectivity index (χ0v) is 19.5. The minimum absolute atomic E-state index is 0.905. The molecule has 0 bridgehead atoms. The molecule has 0 saturated carbocycles. The third kappa shape index (κ3) is 2.57. The molecule has 0 atom stereocenters. The van der Waals surface area contributed by atoms with Crippen LogP contribution in [0, 0.1) is 0 Å². The lowest BCUT2D eigenvalue weighted by molar-refractivity contribution is 0.956. The van der Waals surface area contributed by atoms with Gasteiger partial charge in [0.25, 0.3) is 0 Å². The average Bonchev–Trinajstić information content (AvgIpc) is 3.58. The van der Waals surface area contributed by atoms with Gasteiger partial charge in [0.15, 0.2) is 0 Å². The van der Waals surface area contributed by atoms with Crippen LogP contribution in [-0.2, 0) is 0 Å². The number of thiophene rings is 1. The Morgan fingerprint density at radius 2 is 1.20 bits per heavy atom. The highest BCUT2D eigenvalue weighted by molar-refractivity contribution is 7.26. The molecular weight excluding hydrogens is 446 g/mol. The van der Waals surface area contributed by atoms with Crippen molar-refractivity contribution < 1.29 is 0 Å². The van der Waals surface area contributed by atoms with Gasteiger partial charge in [0.1, 0.15) is 0 Å². The molecule has 0 N–H and O–H groups in total. The second-order valence-electron chi connectivity index (χ2n) is 8.86. The van der Waals surface area contributed by atoms with Gasteiger partial charge in [-0.3, -0.25) is 9.13 Å². The van der Waals surface area contributed by atoms with E-state index in [1.807, 2.05) is 11.3 Å². The Morgan fingerprint density at radius 3 is 2.09 bits per heavy atom. The minimum atomic E-state index is 0.905. The molecule has 8 rings (SSSR count). The van der Waals surface area contributed by atoms with E-state index >= 15 is 0 Å². The van der Waals surface area contributed by atoms with Crippen molar-refractivity contribution in [3.05, 3.63) is 115 Å². The highest BCUT2D eigenvalue weighted by Crippen LogP contribution is 2.43. The molecule has 0 aliphatic carbocycles. The third-order valence-corrected chi connectivity index (χ3v) is 8.07.